The van der Waals surface area contributed by atoms with Crippen molar-refractivity contribution in [1.29, 1.82) is 0 Å². The number of thiophene rings is 1. The van der Waals surface area contributed by atoms with E-state index in [0.717, 1.165) is 40.7 Å². The van der Waals surface area contributed by atoms with Crippen molar-refractivity contribution in [3.8, 4) is 11.8 Å². The summed E-state index contributed by atoms with van der Waals surface area (Å²) in [5, 5.41) is 22.1. The molecule has 0 saturated carbocycles. The number of hydrogen-bond acceptors (Lipinski definition) is 8. The number of anilines is 1. The molecule has 2 heterocycles. The number of carbonyl (C=O) groups excluding carboxylic acids is 3. The zero-order valence-corrected chi connectivity index (χ0v) is 16.7. The van der Waals surface area contributed by atoms with Crippen LogP contribution in [0.25, 0.3) is 0 Å². The van der Waals surface area contributed by atoms with Crippen molar-refractivity contribution >= 4 is 34.2 Å². The van der Waals surface area contributed by atoms with Gasteiger partial charge >= 0.3 is 11.9 Å². The Kier molecular flexibility index (Phi) is 6.42. The molecule has 0 fully saturated rings. The van der Waals surface area contributed by atoms with E-state index in [1.165, 1.54) is 23.5 Å². The smallest absolute Gasteiger partial charge is 0.341 e. The van der Waals surface area contributed by atoms with Gasteiger partial charge in [0.05, 0.1) is 12.2 Å². The van der Waals surface area contributed by atoms with Crippen LogP contribution in [0.15, 0.2) is 12.1 Å². The first-order chi connectivity index (χ1) is 13.9. The third-order valence-corrected chi connectivity index (χ3v) is 5.70. The highest BCUT2D eigenvalue weighted by molar-refractivity contribution is 7.17. The van der Waals surface area contributed by atoms with Gasteiger partial charge in [-0.3, -0.25) is 14.2 Å². The van der Waals surface area contributed by atoms with E-state index < -0.39 is 31.0 Å². The lowest BCUT2D eigenvalue weighted by molar-refractivity contribution is -0.148. The molecule has 0 atom stereocenters. The van der Waals surface area contributed by atoms with E-state index in [4.69, 9.17) is 9.47 Å². The molecule has 1 amide bonds. The number of aromatic nitrogens is 1. The van der Waals surface area contributed by atoms with Crippen LogP contribution in [-0.4, -0.2) is 45.8 Å². The SMILES string of the molecule is CCOC(=O)c1c(NC(=O)COC(=O)Cn2c(O)ccc2O)sc2c1CCCC2. The first-order valence-corrected chi connectivity index (χ1v) is 10.1. The molecule has 0 saturated heterocycles. The molecule has 0 spiro atoms. The number of fused-ring (bicyclic) bond motifs is 1. The number of nitrogens with one attached hydrogen (secondary N) is 1. The van der Waals surface area contributed by atoms with Gasteiger partial charge in [-0.1, -0.05) is 0 Å². The molecule has 1 aliphatic carbocycles. The molecule has 3 N–H and O–H groups in total. The molecule has 0 radical (unpaired) electrons. The van der Waals surface area contributed by atoms with E-state index >= 15 is 0 Å². The van der Waals surface area contributed by atoms with Crippen LogP contribution in [0.2, 0.25) is 0 Å². The molecule has 9 nitrogen and oxygen atoms in total. The number of nitrogens with zero attached hydrogens (tertiary/aromatic N) is 1. The fourth-order valence-corrected chi connectivity index (χ4v) is 4.46. The molecule has 2 aromatic rings. The number of amides is 1. The zero-order valence-electron chi connectivity index (χ0n) is 15.9. The summed E-state index contributed by atoms with van der Waals surface area (Å²) >= 11 is 1.34. The van der Waals surface area contributed by atoms with Gasteiger partial charge in [0.15, 0.2) is 18.4 Å². The zero-order chi connectivity index (χ0) is 21.0. The molecular formula is C19H22N2O7S. The summed E-state index contributed by atoms with van der Waals surface area (Å²) in [5.41, 5.74) is 1.30. The molecule has 0 aliphatic heterocycles. The Morgan fingerprint density at radius 1 is 1.14 bits per heavy atom. The number of rotatable bonds is 7. The van der Waals surface area contributed by atoms with Crippen LogP contribution in [-0.2, 0) is 38.4 Å². The second-order valence-corrected chi connectivity index (χ2v) is 7.59. The predicted molar refractivity (Wildman–Crippen MR) is 104 cm³/mol. The van der Waals surface area contributed by atoms with Gasteiger partial charge in [0, 0.05) is 17.0 Å². The summed E-state index contributed by atoms with van der Waals surface area (Å²) in [6.07, 6.45) is 3.61. The number of aryl methyl sites for hydroxylation is 1. The average molecular weight is 422 g/mol. The van der Waals surface area contributed by atoms with Crippen LogP contribution < -0.4 is 5.32 Å². The molecule has 3 rings (SSSR count). The maximum Gasteiger partial charge on any atom is 0.341 e. The van der Waals surface area contributed by atoms with Gasteiger partial charge in [-0.15, -0.1) is 11.3 Å². The Morgan fingerprint density at radius 3 is 2.52 bits per heavy atom. The van der Waals surface area contributed by atoms with Crippen LogP contribution in [0.4, 0.5) is 5.00 Å². The number of carbonyl (C=O) groups is 3. The Hall–Kier alpha value is -3.01. The lowest BCUT2D eigenvalue weighted by Crippen LogP contribution is -2.23. The summed E-state index contributed by atoms with van der Waals surface area (Å²) in [4.78, 5) is 37.6. The van der Waals surface area contributed by atoms with E-state index in [2.05, 4.69) is 5.32 Å². The van der Waals surface area contributed by atoms with Gasteiger partial charge in [0.25, 0.3) is 5.91 Å². The van der Waals surface area contributed by atoms with Gasteiger partial charge in [-0.2, -0.15) is 0 Å². The number of hydrogen-bond donors (Lipinski definition) is 3. The summed E-state index contributed by atoms with van der Waals surface area (Å²) in [6, 6.07) is 2.45. The fourth-order valence-electron chi connectivity index (χ4n) is 3.17. The van der Waals surface area contributed by atoms with Crippen molar-refractivity contribution in [2.24, 2.45) is 0 Å². The first kappa shape index (κ1) is 20.7. The van der Waals surface area contributed by atoms with Crippen LogP contribution in [0.3, 0.4) is 0 Å². The predicted octanol–water partition coefficient (Wildman–Crippen LogP) is 2.20. The second kappa shape index (κ2) is 8.99. The maximum absolute atomic E-state index is 12.4. The molecular weight excluding hydrogens is 400 g/mol. The van der Waals surface area contributed by atoms with Crippen LogP contribution in [0.5, 0.6) is 11.8 Å². The first-order valence-electron chi connectivity index (χ1n) is 9.25. The van der Waals surface area contributed by atoms with E-state index in [0.29, 0.717) is 10.6 Å². The van der Waals surface area contributed by atoms with E-state index in [-0.39, 0.29) is 18.4 Å². The van der Waals surface area contributed by atoms with Crippen molar-refractivity contribution in [1.82, 2.24) is 4.57 Å². The topological polar surface area (TPSA) is 127 Å². The molecule has 29 heavy (non-hydrogen) atoms. The molecule has 0 unspecified atom stereocenters. The third-order valence-electron chi connectivity index (χ3n) is 4.49. The lowest BCUT2D eigenvalue weighted by atomic mass is 9.95. The van der Waals surface area contributed by atoms with Gasteiger partial charge in [-0.05, 0) is 38.2 Å². The van der Waals surface area contributed by atoms with Crippen molar-refractivity contribution in [2.75, 3.05) is 18.5 Å². The molecule has 0 bridgehead atoms. The maximum atomic E-state index is 12.4. The van der Waals surface area contributed by atoms with Crippen LogP contribution in [0.1, 0.15) is 40.6 Å². The minimum Gasteiger partial charge on any atom is -0.494 e. The van der Waals surface area contributed by atoms with Crippen LogP contribution in [0, 0.1) is 0 Å². The average Bonchev–Trinajstić information content (AvgIpc) is 3.20. The number of esters is 2. The van der Waals surface area contributed by atoms with E-state index in [1.54, 1.807) is 6.92 Å². The largest absolute Gasteiger partial charge is 0.494 e. The molecule has 156 valence electrons. The Labute approximate surface area is 170 Å². The summed E-state index contributed by atoms with van der Waals surface area (Å²) in [7, 11) is 0. The van der Waals surface area contributed by atoms with Crippen molar-refractivity contribution < 1.29 is 34.1 Å². The molecule has 1 aliphatic rings. The van der Waals surface area contributed by atoms with Crippen molar-refractivity contribution in [3.63, 3.8) is 0 Å². The lowest BCUT2D eigenvalue weighted by Gasteiger charge is -2.12. The highest BCUT2D eigenvalue weighted by Crippen LogP contribution is 2.38. The Balaban J connectivity index is 1.63. The minimum absolute atomic E-state index is 0.230. The molecule has 2 aromatic heterocycles. The van der Waals surface area contributed by atoms with Gasteiger partial charge in [0.2, 0.25) is 0 Å². The summed E-state index contributed by atoms with van der Waals surface area (Å²) < 4.78 is 11.0. The Bertz CT molecular complexity index is 912. The fraction of sp³-hybridized carbons (Fsp3) is 0.421. The molecule has 0 aromatic carbocycles. The minimum atomic E-state index is -0.807. The molecule has 10 heteroatoms. The van der Waals surface area contributed by atoms with E-state index in [9.17, 15) is 24.6 Å². The highest BCUT2D eigenvalue weighted by atomic mass is 32.1. The standard InChI is InChI=1S/C19H22N2O7S/c1-2-27-19(26)17-11-5-3-4-6-12(11)29-18(17)20-13(22)10-28-16(25)9-21-14(23)7-8-15(21)24/h7-8,23-24H,2-6,9-10H2,1H3,(H,20,22). The van der Waals surface area contributed by atoms with E-state index in [1.807, 2.05) is 0 Å². The highest BCUT2D eigenvalue weighted by Gasteiger charge is 2.27. The monoisotopic (exact) mass is 422 g/mol. The van der Waals surface area contributed by atoms with Crippen LogP contribution >= 0.6 is 11.3 Å². The number of aromatic hydroxyl groups is 2. The summed E-state index contributed by atoms with van der Waals surface area (Å²) in [5.74, 6) is -2.47. The normalized spacial score (nSPS) is 12.9. The quantitative estimate of drug-likeness (QED) is 0.584. The van der Waals surface area contributed by atoms with Gasteiger partial charge < -0.3 is 25.0 Å². The van der Waals surface area contributed by atoms with Crippen molar-refractivity contribution in [3.05, 3.63) is 28.1 Å². The second-order valence-electron chi connectivity index (χ2n) is 6.48. The number of ether oxygens (including phenoxy) is 2. The van der Waals surface area contributed by atoms with Gasteiger partial charge in [-0.25, -0.2) is 4.79 Å². The summed E-state index contributed by atoms with van der Waals surface area (Å²) in [6.45, 7) is 0.939. The van der Waals surface area contributed by atoms with Gasteiger partial charge in [0.1, 0.15) is 11.5 Å². The third kappa shape index (κ3) is 4.70. The Morgan fingerprint density at radius 2 is 1.83 bits per heavy atom. The van der Waals surface area contributed by atoms with Crippen molar-refractivity contribution in [2.45, 2.75) is 39.2 Å².